The quantitative estimate of drug-likeness (QED) is 0.432. The fraction of sp³-hybridized carbons (Fsp3) is 0.667. The number of rotatable bonds is 2. The van der Waals surface area contributed by atoms with Crippen LogP contribution in [0.2, 0.25) is 0 Å². The van der Waals surface area contributed by atoms with E-state index in [-0.39, 0.29) is 25.3 Å². The average molecular weight is 266 g/mol. The molecule has 0 N–H and O–H groups in total. The van der Waals surface area contributed by atoms with Gasteiger partial charge in [-0.2, -0.15) is 21.6 Å². The van der Waals surface area contributed by atoms with Crippen molar-refractivity contribution in [2.24, 2.45) is 0 Å². The lowest BCUT2D eigenvalue weighted by Gasteiger charge is -2.19. The Morgan fingerprint density at radius 1 is 1.47 bits per heavy atom. The van der Waals surface area contributed by atoms with E-state index in [2.05, 4.69) is 4.18 Å². The standard InChI is InChI=1S/C6H7ClF3NO3S/c7-11-3-1-5(2-4-11)14-15(12,13)6(8,9)10/h1H,2-4H2. The third-order valence-corrected chi connectivity index (χ3v) is 2.93. The highest BCUT2D eigenvalue weighted by Gasteiger charge is 2.48. The molecule has 0 spiro atoms. The summed E-state index contributed by atoms with van der Waals surface area (Å²) in [6.45, 7) is 0.380. The number of nitrogens with zero attached hydrogens (tertiary/aromatic N) is 1. The number of hydrogen-bond acceptors (Lipinski definition) is 4. The largest absolute Gasteiger partial charge is 0.534 e. The number of halogens is 4. The Morgan fingerprint density at radius 3 is 2.47 bits per heavy atom. The highest BCUT2D eigenvalue weighted by atomic mass is 35.5. The summed E-state index contributed by atoms with van der Waals surface area (Å²) in [6.07, 6.45) is 1.22. The molecule has 9 heteroatoms. The van der Waals surface area contributed by atoms with E-state index in [1.54, 1.807) is 0 Å². The minimum absolute atomic E-state index is 0.0266. The van der Waals surface area contributed by atoms with Crippen molar-refractivity contribution in [2.75, 3.05) is 13.1 Å². The Bertz CT molecular complexity index is 364. The van der Waals surface area contributed by atoms with Crippen LogP contribution in [0.1, 0.15) is 6.42 Å². The van der Waals surface area contributed by atoms with Crippen LogP contribution in [0, 0.1) is 0 Å². The van der Waals surface area contributed by atoms with Gasteiger partial charge in [-0.15, -0.1) is 0 Å². The van der Waals surface area contributed by atoms with E-state index in [0.29, 0.717) is 0 Å². The van der Waals surface area contributed by atoms with Gasteiger partial charge in [0, 0.05) is 19.5 Å². The molecule has 0 fully saturated rings. The summed E-state index contributed by atoms with van der Waals surface area (Å²) in [5.41, 5.74) is -5.40. The summed E-state index contributed by atoms with van der Waals surface area (Å²) in [5.74, 6) is -0.232. The molecule has 1 heterocycles. The van der Waals surface area contributed by atoms with Gasteiger partial charge < -0.3 is 4.18 Å². The fourth-order valence-electron chi connectivity index (χ4n) is 0.890. The summed E-state index contributed by atoms with van der Waals surface area (Å²) in [5, 5.41) is 0. The van der Waals surface area contributed by atoms with E-state index >= 15 is 0 Å². The Hall–Kier alpha value is -0.470. The maximum absolute atomic E-state index is 11.9. The predicted molar refractivity (Wildman–Crippen MR) is 46.2 cm³/mol. The summed E-state index contributed by atoms with van der Waals surface area (Å²) in [6, 6.07) is 0. The molecule has 0 aromatic rings. The van der Waals surface area contributed by atoms with Crippen molar-refractivity contribution in [3.8, 4) is 0 Å². The van der Waals surface area contributed by atoms with Crippen LogP contribution in [0.15, 0.2) is 11.8 Å². The Labute approximate surface area is 89.5 Å². The summed E-state index contributed by atoms with van der Waals surface area (Å²) in [4.78, 5) is 0. The van der Waals surface area contributed by atoms with Crippen LogP contribution < -0.4 is 0 Å². The van der Waals surface area contributed by atoms with Crippen LogP contribution in [0.3, 0.4) is 0 Å². The molecule has 0 bridgehead atoms. The van der Waals surface area contributed by atoms with E-state index in [0.717, 1.165) is 0 Å². The Kier molecular flexibility index (Phi) is 3.51. The third kappa shape index (κ3) is 3.25. The second kappa shape index (κ2) is 4.18. The molecule has 0 radical (unpaired) electrons. The van der Waals surface area contributed by atoms with Gasteiger partial charge in [0.25, 0.3) is 0 Å². The van der Waals surface area contributed by atoms with Crippen LogP contribution in [-0.2, 0) is 14.3 Å². The highest BCUT2D eigenvalue weighted by Crippen LogP contribution is 2.28. The molecule has 0 saturated heterocycles. The van der Waals surface area contributed by atoms with Crippen molar-refractivity contribution in [1.82, 2.24) is 4.42 Å². The van der Waals surface area contributed by atoms with Gasteiger partial charge in [-0.05, 0) is 17.9 Å². The van der Waals surface area contributed by atoms with E-state index in [9.17, 15) is 21.6 Å². The molecule has 1 aliphatic heterocycles. The molecule has 0 aromatic carbocycles. The van der Waals surface area contributed by atoms with E-state index in [1.807, 2.05) is 0 Å². The van der Waals surface area contributed by atoms with Gasteiger partial charge in [-0.25, -0.2) is 4.42 Å². The average Bonchev–Trinajstić information content (AvgIpc) is 2.06. The van der Waals surface area contributed by atoms with Gasteiger partial charge >= 0.3 is 15.6 Å². The van der Waals surface area contributed by atoms with Gasteiger partial charge in [0.2, 0.25) is 0 Å². The second-order valence-corrected chi connectivity index (χ2v) is 4.79. The zero-order chi connectivity index (χ0) is 11.7. The third-order valence-electron chi connectivity index (χ3n) is 1.62. The molecule has 0 unspecified atom stereocenters. The summed E-state index contributed by atoms with van der Waals surface area (Å²) < 4.78 is 62.0. The minimum atomic E-state index is -5.54. The molecule has 0 saturated carbocycles. The molecule has 4 nitrogen and oxygen atoms in total. The molecular weight excluding hydrogens is 259 g/mol. The SMILES string of the molecule is O=S(=O)(OC1=CCN(Cl)CC1)C(F)(F)F. The number of alkyl halides is 3. The summed E-state index contributed by atoms with van der Waals surface area (Å²) in [7, 11) is -5.54. The first-order valence-electron chi connectivity index (χ1n) is 3.83. The molecule has 88 valence electrons. The number of hydrogen-bond donors (Lipinski definition) is 0. The second-order valence-electron chi connectivity index (χ2n) is 2.77. The normalized spacial score (nSPS) is 19.9. The van der Waals surface area contributed by atoms with Crippen molar-refractivity contribution in [3.63, 3.8) is 0 Å². The van der Waals surface area contributed by atoms with Gasteiger partial charge in [-0.3, -0.25) is 0 Å². The van der Waals surface area contributed by atoms with Crippen LogP contribution in [0.5, 0.6) is 0 Å². The van der Waals surface area contributed by atoms with Crippen molar-refractivity contribution in [2.45, 2.75) is 11.9 Å². The zero-order valence-electron chi connectivity index (χ0n) is 7.29. The van der Waals surface area contributed by atoms with Gasteiger partial charge in [0.05, 0.1) is 0 Å². The topological polar surface area (TPSA) is 46.6 Å². The Morgan fingerprint density at radius 2 is 2.07 bits per heavy atom. The summed E-state index contributed by atoms with van der Waals surface area (Å²) >= 11 is 5.50. The molecule has 1 rings (SSSR count). The van der Waals surface area contributed by atoms with E-state index in [1.165, 1.54) is 10.5 Å². The van der Waals surface area contributed by atoms with Gasteiger partial charge in [-0.1, -0.05) is 0 Å². The van der Waals surface area contributed by atoms with E-state index < -0.39 is 15.6 Å². The Balaban J connectivity index is 2.72. The van der Waals surface area contributed by atoms with Gasteiger partial charge in [0.1, 0.15) is 5.76 Å². The van der Waals surface area contributed by atoms with Crippen LogP contribution in [0.4, 0.5) is 13.2 Å². The van der Waals surface area contributed by atoms with Crippen LogP contribution in [-0.4, -0.2) is 31.4 Å². The molecule has 0 atom stereocenters. The first-order valence-corrected chi connectivity index (χ1v) is 5.57. The first kappa shape index (κ1) is 12.6. The lowest BCUT2D eigenvalue weighted by atomic mass is 10.3. The van der Waals surface area contributed by atoms with E-state index in [4.69, 9.17) is 11.8 Å². The maximum Gasteiger partial charge on any atom is 0.534 e. The predicted octanol–water partition coefficient (Wildman–Crippen LogP) is 1.60. The zero-order valence-corrected chi connectivity index (χ0v) is 8.86. The lowest BCUT2D eigenvalue weighted by molar-refractivity contribution is -0.0524. The molecule has 0 aromatic heterocycles. The fourth-order valence-corrected chi connectivity index (χ4v) is 1.57. The van der Waals surface area contributed by atoms with Crippen LogP contribution >= 0.6 is 11.8 Å². The van der Waals surface area contributed by atoms with Crippen molar-refractivity contribution >= 4 is 21.9 Å². The highest BCUT2D eigenvalue weighted by molar-refractivity contribution is 7.87. The van der Waals surface area contributed by atoms with Crippen molar-refractivity contribution < 1.29 is 25.8 Å². The smallest absolute Gasteiger partial charge is 0.381 e. The van der Waals surface area contributed by atoms with Crippen LogP contribution in [0.25, 0.3) is 0 Å². The van der Waals surface area contributed by atoms with Crippen molar-refractivity contribution in [3.05, 3.63) is 11.8 Å². The molecule has 15 heavy (non-hydrogen) atoms. The lowest BCUT2D eigenvalue weighted by Crippen LogP contribution is -2.28. The molecule has 1 aliphatic rings. The molecule has 0 amide bonds. The first-order chi connectivity index (χ1) is 6.72. The minimum Gasteiger partial charge on any atom is -0.381 e. The molecular formula is C6H7ClF3NO3S. The van der Waals surface area contributed by atoms with Gasteiger partial charge in [0.15, 0.2) is 0 Å². The van der Waals surface area contributed by atoms with Crippen molar-refractivity contribution in [1.29, 1.82) is 0 Å². The maximum atomic E-state index is 11.9. The monoisotopic (exact) mass is 265 g/mol. The molecule has 0 aliphatic carbocycles.